The minimum atomic E-state index is -0.225. The Morgan fingerprint density at radius 2 is 2.28 bits per heavy atom. The van der Waals surface area contributed by atoms with E-state index in [0.29, 0.717) is 0 Å². The largest absolute Gasteiger partial charge is 0.313 e. The van der Waals surface area contributed by atoms with Gasteiger partial charge in [-0.25, -0.2) is 4.39 Å². The Morgan fingerprint density at radius 3 is 3.00 bits per heavy atom. The summed E-state index contributed by atoms with van der Waals surface area (Å²) in [6, 6.07) is 4.73. The number of nitrogens with one attached hydrogen (secondary N) is 1. The van der Waals surface area contributed by atoms with Crippen molar-refractivity contribution in [2.24, 2.45) is 0 Å². The standard InChI is InChI=1S/C12H14BrFN4/c13-12-8-11(14)3-2-10(12)9-15-4-1-6-18-7-5-16-17-18/h2-3,5,7-8,15H,1,4,6,9H2. The van der Waals surface area contributed by atoms with E-state index in [-0.39, 0.29) is 5.82 Å². The molecule has 1 heterocycles. The molecular formula is C12H14BrFN4. The summed E-state index contributed by atoms with van der Waals surface area (Å²) in [4.78, 5) is 0. The third kappa shape index (κ3) is 3.89. The van der Waals surface area contributed by atoms with Gasteiger partial charge in [-0.15, -0.1) is 5.10 Å². The summed E-state index contributed by atoms with van der Waals surface area (Å²) in [7, 11) is 0. The Hall–Kier alpha value is -1.27. The number of benzene rings is 1. The van der Waals surface area contributed by atoms with Crippen molar-refractivity contribution in [3.63, 3.8) is 0 Å². The highest BCUT2D eigenvalue weighted by atomic mass is 79.9. The van der Waals surface area contributed by atoms with Gasteiger partial charge in [-0.2, -0.15) is 0 Å². The van der Waals surface area contributed by atoms with Crippen LogP contribution >= 0.6 is 15.9 Å². The molecule has 0 fully saturated rings. The number of halogens is 2. The number of rotatable bonds is 6. The molecule has 2 rings (SSSR count). The number of aromatic nitrogens is 3. The summed E-state index contributed by atoms with van der Waals surface area (Å²) in [6.45, 7) is 2.44. The van der Waals surface area contributed by atoms with Crippen LogP contribution in [0.1, 0.15) is 12.0 Å². The first-order valence-electron chi connectivity index (χ1n) is 5.74. The van der Waals surface area contributed by atoms with E-state index in [1.807, 2.05) is 6.20 Å². The molecule has 0 bridgehead atoms. The fourth-order valence-corrected chi connectivity index (χ4v) is 2.10. The molecule has 1 aromatic heterocycles. The fourth-order valence-electron chi connectivity index (χ4n) is 1.61. The van der Waals surface area contributed by atoms with Gasteiger partial charge in [0.1, 0.15) is 5.82 Å². The lowest BCUT2D eigenvalue weighted by Crippen LogP contribution is -2.17. The summed E-state index contributed by atoms with van der Waals surface area (Å²) < 4.78 is 15.5. The molecule has 1 aromatic carbocycles. The summed E-state index contributed by atoms with van der Waals surface area (Å²) >= 11 is 3.35. The molecule has 2 aromatic rings. The number of hydrogen-bond donors (Lipinski definition) is 1. The van der Waals surface area contributed by atoms with E-state index in [9.17, 15) is 4.39 Å². The molecule has 1 N–H and O–H groups in total. The third-order valence-electron chi connectivity index (χ3n) is 2.54. The van der Waals surface area contributed by atoms with E-state index < -0.39 is 0 Å². The highest BCUT2D eigenvalue weighted by Gasteiger charge is 2.00. The van der Waals surface area contributed by atoms with E-state index in [0.717, 1.165) is 36.1 Å². The molecule has 0 aliphatic rings. The monoisotopic (exact) mass is 312 g/mol. The molecular weight excluding hydrogens is 299 g/mol. The maximum Gasteiger partial charge on any atom is 0.124 e. The molecule has 0 radical (unpaired) electrons. The lowest BCUT2D eigenvalue weighted by Gasteiger charge is -2.07. The minimum absolute atomic E-state index is 0.225. The Kier molecular flexibility index (Phi) is 4.83. The first kappa shape index (κ1) is 13.2. The van der Waals surface area contributed by atoms with Gasteiger partial charge in [0.2, 0.25) is 0 Å². The van der Waals surface area contributed by atoms with Crippen molar-refractivity contribution in [2.75, 3.05) is 6.54 Å². The van der Waals surface area contributed by atoms with Gasteiger partial charge in [-0.3, -0.25) is 4.68 Å². The summed E-state index contributed by atoms with van der Waals surface area (Å²) in [5.74, 6) is -0.225. The molecule has 0 saturated heterocycles. The predicted octanol–water partition coefficient (Wildman–Crippen LogP) is 2.36. The number of hydrogen-bond acceptors (Lipinski definition) is 3. The number of aryl methyl sites for hydroxylation is 1. The first-order valence-corrected chi connectivity index (χ1v) is 6.54. The van der Waals surface area contributed by atoms with Crippen LogP contribution < -0.4 is 5.32 Å². The van der Waals surface area contributed by atoms with E-state index in [1.165, 1.54) is 12.1 Å². The van der Waals surface area contributed by atoms with Crippen molar-refractivity contribution in [2.45, 2.75) is 19.5 Å². The average Bonchev–Trinajstić information content (AvgIpc) is 2.84. The number of nitrogens with zero attached hydrogens (tertiary/aromatic N) is 3. The van der Waals surface area contributed by atoms with Crippen LogP contribution in [-0.4, -0.2) is 21.5 Å². The lowest BCUT2D eigenvalue weighted by molar-refractivity contribution is 0.529. The lowest BCUT2D eigenvalue weighted by atomic mass is 10.2. The Balaban J connectivity index is 1.69. The summed E-state index contributed by atoms with van der Waals surface area (Å²) in [6.07, 6.45) is 4.49. The third-order valence-corrected chi connectivity index (χ3v) is 3.28. The van der Waals surface area contributed by atoms with Crippen molar-refractivity contribution in [3.8, 4) is 0 Å². The fraction of sp³-hybridized carbons (Fsp3) is 0.333. The van der Waals surface area contributed by atoms with Crippen LogP contribution in [0.25, 0.3) is 0 Å². The first-order chi connectivity index (χ1) is 8.75. The highest BCUT2D eigenvalue weighted by molar-refractivity contribution is 9.10. The maximum absolute atomic E-state index is 12.9. The summed E-state index contributed by atoms with van der Waals surface area (Å²) in [5, 5.41) is 10.9. The molecule has 0 atom stereocenters. The second-order valence-corrected chi connectivity index (χ2v) is 4.79. The highest BCUT2D eigenvalue weighted by Crippen LogP contribution is 2.17. The molecule has 4 nitrogen and oxygen atoms in total. The van der Waals surface area contributed by atoms with Gasteiger partial charge in [0, 0.05) is 23.8 Å². The molecule has 0 unspecified atom stereocenters. The van der Waals surface area contributed by atoms with Gasteiger partial charge in [0.25, 0.3) is 0 Å². The zero-order chi connectivity index (χ0) is 12.8. The zero-order valence-electron chi connectivity index (χ0n) is 9.81. The van der Waals surface area contributed by atoms with E-state index in [2.05, 4.69) is 31.6 Å². The van der Waals surface area contributed by atoms with Crippen molar-refractivity contribution in [1.82, 2.24) is 20.3 Å². The Morgan fingerprint density at radius 1 is 1.39 bits per heavy atom. The molecule has 96 valence electrons. The molecule has 18 heavy (non-hydrogen) atoms. The van der Waals surface area contributed by atoms with E-state index in [1.54, 1.807) is 16.9 Å². The normalized spacial score (nSPS) is 10.8. The predicted molar refractivity (Wildman–Crippen MR) is 70.4 cm³/mol. The van der Waals surface area contributed by atoms with Crippen molar-refractivity contribution >= 4 is 15.9 Å². The minimum Gasteiger partial charge on any atom is -0.313 e. The van der Waals surface area contributed by atoms with Crippen LogP contribution in [0.15, 0.2) is 35.1 Å². The van der Waals surface area contributed by atoms with E-state index >= 15 is 0 Å². The summed E-state index contributed by atoms with van der Waals surface area (Å²) in [5.41, 5.74) is 1.05. The molecule has 0 aliphatic heterocycles. The average molecular weight is 313 g/mol. The quantitative estimate of drug-likeness (QED) is 0.833. The van der Waals surface area contributed by atoms with Gasteiger partial charge in [0.15, 0.2) is 0 Å². The molecule has 0 spiro atoms. The molecule has 0 saturated carbocycles. The van der Waals surface area contributed by atoms with Crippen LogP contribution in [0.4, 0.5) is 4.39 Å². The van der Waals surface area contributed by atoms with Crippen molar-refractivity contribution < 1.29 is 4.39 Å². The second kappa shape index (κ2) is 6.61. The molecule has 0 amide bonds. The van der Waals surface area contributed by atoms with Gasteiger partial charge >= 0.3 is 0 Å². The Bertz CT molecular complexity index is 487. The zero-order valence-corrected chi connectivity index (χ0v) is 11.4. The van der Waals surface area contributed by atoms with Crippen molar-refractivity contribution in [1.29, 1.82) is 0 Å². The SMILES string of the molecule is Fc1ccc(CNCCCn2ccnn2)c(Br)c1. The molecule has 0 aliphatic carbocycles. The van der Waals surface area contributed by atoms with Gasteiger partial charge in [-0.05, 0) is 30.7 Å². The van der Waals surface area contributed by atoms with Gasteiger partial charge in [0.05, 0.1) is 6.20 Å². The van der Waals surface area contributed by atoms with Crippen LogP contribution in [-0.2, 0) is 13.1 Å². The van der Waals surface area contributed by atoms with Gasteiger partial charge < -0.3 is 5.32 Å². The van der Waals surface area contributed by atoms with Gasteiger partial charge in [-0.1, -0.05) is 27.2 Å². The van der Waals surface area contributed by atoms with Crippen LogP contribution in [0.2, 0.25) is 0 Å². The maximum atomic E-state index is 12.9. The smallest absolute Gasteiger partial charge is 0.124 e. The van der Waals surface area contributed by atoms with Crippen LogP contribution in [0, 0.1) is 5.82 Å². The van der Waals surface area contributed by atoms with Crippen LogP contribution in [0.3, 0.4) is 0 Å². The van der Waals surface area contributed by atoms with Crippen molar-refractivity contribution in [3.05, 3.63) is 46.4 Å². The second-order valence-electron chi connectivity index (χ2n) is 3.93. The topological polar surface area (TPSA) is 42.7 Å². The van der Waals surface area contributed by atoms with Crippen LogP contribution in [0.5, 0.6) is 0 Å². The Labute approximate surface area is 113 Å². The van der Waals surface area contributed by atoms with E-state index in [4.69, 9.17) is 0 Å². The molecule has 6 heteroatoms.